The maximum atomic E-state index is 11.0. The molecule has 0 aliphatic heterocycles. The Bertz CT molecular complexity index is 500. The van der Waals surface area contributed by atoms with Crippen LogP contribution in [0, 0.1) is 17.2 Å². The van der Waals surface area contributed by atoms with Crippen LogP contribution in [-0.2, 0) is 20.8 Å². The first-order valence-corrected chi connectivity index (χ1v) is 7.00. The van der Waals surface area contributed by atoms with Crippen molar-refractivity contribution in [3.8, 4) is 6.07 Å². The van der Waals surface area contributed by atoms with Gasteiger partial charge in [-0.25, -0.2) is 0 Å². The molecule has 3 nitrogen and oxygen atoms in total. The summed E-state index contributed by atoms with van der Waals surface area (Å²) < 4.78 is 4.98. The Morgan fingerprint density at radius 2 is 1.95 bits per heavy atom. The first-order chi connectivity index (χ1) is 9.27. The number of hydrogen-bond acceptors (Lipinski definition) is 3. The smallest absolute Gasteiger partial charge is 0.304 e. The van der Waals surface area contributed by atoms with E-state index in [-0.39, 0.29) is 0 Å². The van der Waals surface area contributed by atoms with Gasteiger partial charge >= 0.3 is 5.97 Å². The number of hydrogen-bond donors (Lipinski definition) is 0. The Hall–Kier alpha value is -1.53. The van der Waals surface area contributed by atoms with Gasteiger partial charge in [0.15, 0.2) is 0 Å². The Balaban J connectivity index is 2.96. The standard InChI is InChI=1S/C16H20ClNO2/c1-11(2)9-13-5-7-14(8-6-13)16(4,17)15(10-18)20-12(3)19/h5-8,11,15H,9H2,1-4H3. The first-order valence-electron chi connectivity index (χ1n) is 6.62. The van der Waals surface area contributed by atoms with E-state index in [0.29, 0.717) is 5.92 Å². The fourth-order valence-electron chi connectivity index (χ4n) is 2.01. The molecular weight excluding hydrogens is 274 g/mol. The first kappa shape index (κ1) is 16.5. The largest absolute Gasteiger partial charge is 0.445 e. The van der Waals surface area contributed by atoms with Crippen LogP contribution in [0.1, 0.15) is 38.8 Å². The topological polar surface area (TPSA) is 50.1 Å². The average Bonchev–Trinajstić information content (AvgIpc) is 2.35. The molecule has 2 unspecified atom stereocenters. The molecule has 0 fully saturated rings. The average molecular weight is 294 g/mol. The molecule has 1 rings (SSSR count). The van der Waals surface area contributed by atoms with Gasteiger partial charge in [0.1, 0.15) is 10.9 Å². The summed E-state index contributed by atoms with van der Waals surface area (Å²) in [5.41, 5.74) is 1.98. The number of ether oxygens (including phenoxy) is 1. The molecule has 0 spiro atoms. The molecule has 0 N–H and O–H groups in total. The number of alkyl halides is 1. The molecule has 0 radical (unpaired) electrons. The number of benzene rings is 1. The second-order valence-corrected chi connectivity index (χ2v) is 6.27. The van der Waals surface area contributed by atoms with Crippen LogP contribution in [0.15, 0.2) is 24.3 Å². The minimum absolute atomic E-state index is 0.514. The highest BCUT2D eigenvalue weighted by atomic mass is 35.5. The molecule has 0 saturated carbocycles. The van der Waals surface area contributed by atoms with Crippen molar-refractivity contribution in [3.05, 3.63) is 35.4 Å². The predicted molar refractivity (Wildman–Crippen MR) is 79.4 cm³/mol. The van der Waals surface area contributed by atoms with Crippen LogP contribution in [-0.4, -0.2) is 12.1 Å². The number of nitriles is 1. The van der Waals surface area contributed by atoms with E-state index in [1.54, 1.807) is 6.92 Å². The zero-order valence-electron chi connectivity index (χ0n) is 12.3. The van der Waals surface area contributed by atoms with E-state index in [4.69, 9.17) is 21.6 Å². The van der Waals surface area contributed by atoms with E-state index in [2.05, 4.69) is 13.8 Å². The Morgan fingerprint density at radius 1 is 1.40 bits per heavy atom. The third kappa shape index (κ3) is 4.25. The summed E-state index contributed by atoms with van der Waals surface area (Å²) in [6, 6.07) is 9.72. The lowest BCUT2D eigenvalue weighted by Gasteiger charge is -2.27. The van der Waals surface area contributed by atoms with Crippen LogP contribution in [0.5, 0.6) is 0 Å². The van der Waals surface area contributed by atoms with Gasteiger partial charge in [0, 0.05) is 6.92 Å². The van der Waals surface area contributed by atoms with Crippen molar-refractivity contribution >= 4 is 17.6 Å². The van der Waals surface area contributed by atoms with Crippen molar-refractivity contribution in [2.75, 3.05) is 0 Å². The summed E-state index contributed by atoms with van der Waals surface area (Å²) >= 11 is 6.43. The van der Waals surface area contributed by atoms with Gasteiger partial charge < -0.3 is 4.74 Å². The van der Waals surface area contributed by atoms with Gasteiger partial charge in [-0.05, 0) is 30.4 Å². The Labute approximate surface area is 125 Å². The lowest BCUT2D eigenvalue weighted by molar-refractivity contribution is -0.145. The highest BCUT2D eigenvalue weighted by Crippen LogP contribution is 2.34. The minimum Gasteiger partial charge on any atom is -0.445 e. The van der Waals surface area contributed by atoms with Gasteiger partial charge in [-0.1, -0.05) is 38.1 Å². The molecule has 0 aliphatic carbocycles. The molecule has 4 heteroatoms. The third-order valence-electron chi connectivity index (χ3n) is 3.06. The van der Waals surface area contributed by atoms with Crippen molar-refractivity contribution in [1.29, 1.82) is 5.26 Å². The van der Waals surface area contributed by atoms with Crippen LogP contribution >= 0.6 is 11.6 Å². The minimum atomic E-state index is -1.06. The summed E-state index contributed by atoms with van der Waals surface area (Å²) in [5.74, 6) is 0.0657. The van der Waals surface area contributed by atoms with Crippen LogP contribution in [0.2, 0.25) is 0 Å². The lowest BCUT2D eigenvalue weighted by Crippen LogP contribution is -2.34. The van der Waals surface area contributed by atoms with E-state index in [1.807, 2.05) is 30.3 Å². The molecule has 1 aromatic carbocycles. The summed E-state index contributed by atoms with van der Waals surface area (Å²) in [6.45, 7) is 7.27. The molecule has 108 valence electrons. The number of carbonyl (C=O) groups excluding carboxylic acids is 1. The summed E-state index contributed by atoms with van der Waals surface area (Å²) in [4.78, 5) is 9.98. The summed E-state index contributed by atoms with van der Waals surface area (Å²) in [7, 11) is 0. The van der Waals surface area contributed by atoms with Crippen molar-refractivity contribution in [2.45, 2.75) is 45.1 Å². The van der Waals surface area contributed by atoms with Crippen LogP contribution in [0.25, 0.3) is 0 Å². The summed E-state index contributed by atoms with van der Waals surface area (Å²) in [6.07, 6.45) is -0.0251. The van der Waals surface area contributed by atoms with E-state index in [9.17, 15) is 4.79 Å². The van der Waals surface area contributed by atoms with Crippen LogP contribution in [0.3, 0.4) is 0 Å². The molecule has 0 aromatic heterocycles. The van der Waals surface area contributed by atoms with Crippen LogP contribution < -0.4 is 0 Å². The molecule has 0 bridgehead atoms. The zero-order chi connectivity index (χ0) is 15.3. The Kier molecular flexibility index (Phi) is 5.59. The SMILES string of the molecule is CC(=O)OC(C#N)C(C)(Cl)c1ccc(CC(C)C)cc1. The van der Waals surface area contributed by atoms with Gasteiger partial charge in [-0.2, -0.15) is 5.26 Å². The quantitative estimate of drug-likeness (QED) is 0.613. The number of halogens is 1. The lowest BCUT2D eigenvalue weighted by atomic mass is 9.92. The van der Waals surface area contributed by atoms with E-state index in [1.165, 1.54) is 12.5 Å². The van der Waals surface area contributed by atoms with Gasteiger partial charge in [-0.15, -0.1) is 11.6 Å². The van der Waals surface area contributed by atoms with Gasteiger partial charge in [0.05, 0.1) is 0 Å². The highest BCUT2D eigenvalue weighted by molar-refractivity contribution is 6.24. The van der Waals surface area contributed by atoms with E-state index < -0.39 is 16.9 Å². The van der Waals surface area contributed by atoms with Gasteiger partial charge in [0.25, 0.3) is 0 Å². The van der Waals surface area contributed by atoms with Crippen molar-refractivity contribution < 1.29 is 9.53 Å². The maximum absolute atomic E-state index is 11.0. The Morgan fingerprint density at radius 3 is 2.35 bits per heavy atom. The van der Waals surface area contributed by atoms with E-state index in [0.717, 1.165) is 12.0 Å². The maximum Gasteiger partial charge on any atom is 0.304 e. The molecule has 2 atom stereocenters. The number of rotatable bonds is 5. The molecule has 1 aromatic rings. The molecule has 20 heavy (non-hydrogen) atoms. The number of carbonyl (C=O) groups is 1. The molecule has 0 saturated heterocycles. The monoisotopic (exact) mass is 293 g/mol. The predicted octanol–water partition coefficient (Wildman–Crippen LogP) is 3.79. The molecule has 0 heterocycles. The number of nitrogens with zero attached hydrogens (tertiary/aromatic N) is 1. The van der Waals surface area contributed by atoms with Gasteiger partial charge in [-0.3, -0.25) is 4.79 Å². The number of esters is 1. The zero-order valence-corrected chi connectivity index (χ0v) is 13.1. The van der Waals surface area contributed by atoms with Crippen LogP contribution in [0.4, 0.5) is 0 Å². The van der Waals surface area contributed by atoms with Gasteiger partial charge in [0.2, 0.25) is 6.10 Å². The van der Waals surface area contributed by atoms with Crippen molar-refractivity contribution in [3.63, 3.8) is 0 Å². The highest BCUT2D eigenvalue weighted by Gasteiger charge is 2.36. The fraction of sp³-hybridized carbons (Fsp3) is 0.500. The molecular formula is C16H20ClNO2. The van der Waals surface area contributed by atoms with Crippen molar-refractivity contribution in [1.82, 2.24) is 0 Å². The van der Waals surface area contributed by atoms with E-state index >= 15 is 0 Å². The second kappa shape index (κ2) is 6.76. The summed E-state index contributed by atoms with van der Waals surface area (Å²) in [5, 5.41) is 9.13. The van der Waals surface area contributed by atoms with Crippen molar-refractivity contribution in [2.24, 2.45) is 5.92 Å². The third-order valence-corrected chi connectivity index (χ3v) is 3.47. The normalized spacial score (nSPS) is 15.2. The molecule has 0 amide bonds. The fourth-order valence-corrected chi connectivity index (χ4v) is 2.23. The second-order valence-electron chi connectivity index (χ2n) is 5.49. The molecule has 0 aliphatic rings.